The van der Waals surface area contributed by atoms with Crippen molar-refractivity contribution >= 4 is 29.2 Å². The topological polar surface area (TPSA) is 89.0 Å². The maximum atomic E-state index is 14.1. The van der Waals surface area contributed by atoms with Crippen molar-refractivity contribution in [2.45, 2.75) is 37.7 Å². The predicted octanol–water partition coefficient (Wildman–Crippen LogP) is 8.75. The fourth-order valence-corrected chi connectivity index (χ4v) is 7.54. The number of imide groups is 1. The SMILES string of the molecule is O=C1[C@@H]2[C@@H](CC(COc3ccccc3)=C3[C@@H](CC/C(=C/c4cccc(O)c4)c4ccccn4)OC[C@@H]32)C(=O)N1c1cc(C(F)(F)F)cc(C(F)(F)F)c1. The molecule has 2 saturated heterocycles. The predicted molar refractivity (Wildman–Crippen MR) is 182 cm³/mol. The molecule has 53 heavy (non-hydrogen) atoms. The van der Waals surface area contributed by atoms with E-state index in [9.17, 15) is 41.0 Å². The van der Waals surface area contributed by atoms with Gasteiger partial charge in [-0.15, -0.1) is 0 Å². The Balaban J connectivity index is 1.23. The number of nitrogens with zero attached hydrogens (tertiary/aromatic N) is 2. The van der Waals surface area contributed by atoms with Crippen molar-refractivity contribution < 1.29 is 50.5 Å². The summed E-state index contributed by atoms with van der Waals surface area (Å²) >= 11 is 0. The zero-order valence-electron chi connectivity index (χ0n) is 27.9. The second-order valence-electron chi connectivity index (χ2n) is 13.2. The van der Waals surface area contributed by atoms with E-state index < -0.39 is 64.8 Å². The highest BCUT2D eigenvalue weighted by Crippen LogP contribution is 2.51. The van der Waals surface area contributed by atoms with Gasteiger partial charge in [-0.25, -0.2) is 4.90 Å². The molecule has 4 aromatic rings. The van der Waals surface area contributed by atoms with Crippen LogP contribution < -0.4 is 9.64 Å². The van der Waals surface area contributed by atoms with E-state index in [1.165, 1.54) is 0 Å². The minimum absolute atomic E-state index is 0.00157. The molecule has 0 unspecified atom stereocenters. The molecule has 0 spiro atoms. The fraction of sp³-hybridized carbons (Fsp3) is 0.275. The number of carbonyl (C=O) groups is 2. The lowest BCUT2D eigenvalue weighted by atomic mass is 9.69. The number of phenols is 1. The van der Waals surface area contributed by atoms with Crippen LogP contribution in [0.5, 0.6) is 11.5 Å². The number of ether oxygens (including phenoxy) is 2. The molecule has 2 aliphatic heterocycles. The van der Waals surface area contributed by atoms with E-state index in [0.717, 1.165) is 16.7 Å². The third-order valence-corrected chi connectivity index (χ3v) is 9.88. The lowest BCUT2D eigenvalue weighted by molar-refractivity contribution is -0.143. The van der Waals surface area contributed by atoms with Crippen molar-refractivity contribution in [1.82, 2.24) is 4.98 Å². The fourth-order valence-electron chi connectivity index (χ4n) is 7.54. The lowest BCUT2D eigenvalue weighted by Gasteiger charge is -2.31. The second kappa shape index (κ2) is 14.2. The second-order valence-corrected chi connectivity index (χ2v) is 13.2. The van der Waals surface area contributed by atoms with Crippen LogP contribution in [0.2, 0.25) is 0 Å². The summed E-state index contributed by atoms with van der Waals surface area (Å²) in [6, 6.07) is 21.9. The summed E-state index contributed by atoms with van der Waals surface area (Å²) in [5.74, 6) is -3.90. The number of aromatic nitrogens is 1. The summed E-state index contributed by atoms with van der Waals surface area (Å²) in [6.07, 6.45) is -6.46. The number of allylic oxidation sites excluding steroid dienone is 1. The molecule has 7 rings (SSSR count). The number of alkyl halides is 6. The summed E-state index contributed by atoms with van der Waals surface area (Å²) < 4.78 is 95.1. The van der Waals surface area contributed by atoms with Crippen LogP contribution in [-0.2, 0) is 26.7 Å². The van der Waals surface area contributed by atoms with Gasteiger partial charge in [-0.2, -0.15) is 26.3 Å². The number of phenolic OH excluding ortho intramolecular Hbond substituents is 1. The summed E-state index contributed by atoms with van der Waals surface area (Å²) in [5, 5.41) is 10.1. The largest absolute Gasteiger partial charge is 0.508 e. The van der Waals surface area contributed by atoms with Gasteiger partial charge in [0.05, 0.1) is 47.1 Å². The van der Waals surface area contributed by atoms with E-state index in [1.54, 1.807) is 54.7 Å². The van der Waals surface area contributed by atoms with Crippen molar-refractivity contribution in [2.24, 2.45) is 17.8 Å². The summed E-state index contributed by atoms with van der Waals surface area (Å²) in [7, 11) is 0. The Morgan fingerprint density at radius 1 is 0.868 bits per heavy atom. The molecular formula is C40H32F6N2O5. The Hall–Kier alpha value is -5.43. The highest BCUT2D eigenvalue weighted by Gasteiger charge is 2.58. The molecule has 0 radical (unpaired) electrons. The van der Waals surface area contributed by atoms with Gasteiger partial charge >= 0.3 is 12.4 Å². The zero-order chi connectivity index (χ0) is 37.5. The molecule has 274 valence electrons. The van der Waals surface area contributed by atoms with Gasteiger partial charge in [0.15, 0.2) is 0 Å². The van der Waals surface area contributed by atoms with Gasteiger partial charge in [-0.05, 0) is 102 Å². The lowest BCUT2D eigenvalue weighted by Crippen LogP contribution is -2.35. The first-order chi connectivity index (χ1) is 25.3. The Kier molecular flexibility index (Phi) is 9.62. The molecule has 3 aromatic carbocycles. The summed E-state index contributed by atoms with van der Waals surface area (Å²) in [4.78, 5) is 33.0. The van der Waals surface area contributed by atoms with Crippen molar-refractivity contribution in [3.05, 3.63) is 131 Å². The molecule has 7 nitrogen and oxygen atoms in total. The number of fused-ring (bicyclic) bond motifs is 3. The number of benzene rings is 3. The average Bonchev–Trinajstić information content (AvgIpc) is 3.66. The summed E-state index contributed by atoms with van der Waals surface area (Å²) in [5.41, 5.74) is -0.339. The monoisotopic (exact) mass is 734 g/mol. The minimum atomic E-state index is -5.17. The zero-order valence-corrected chi connectivity index (χ0v) is 27.9. The first-order valence-corrected chi connectivity index (χ1v) is 16.9. The highest BCUT2D eigenvalue weighted by atomic mass is 19.4. The van der Waals surface area contributed by atoms with E-state index in [4.69, 9.17) is 9.47 Å². The van der Waals surface area contributed by atoms with Crippen LogP contribution in [0.25, 0.3) is 11.6 Å². The molecule has 1 N–H and O–H groups in total. The van der Waals surface area contributed by atoms with E-state index in [1.807, 2.05) is 30.3 Å². The Bertz CT molecular complexity index is 2050. The van der Waals surface area contributed by atoms with Gasteiger partial charge in [-0.1, -0.05) is 36.4 Å². The normalized spacial score (nSPS) is 21.9. The molecule has 2 fully saturated rings. The van der Waals surface area contributed by atoms with Gasteiger partial charge in [0, 0.05) is 12.1 Å². The number of hydrogen-bond acceptors (Lipinski definition) is 6. The van der Waals surface area contributed by atoms with Crippen LogP contribution in [-0.4, -0.2) is 41.2 Å². The van der Waals surface area contributed by atoms with Crippen LogP contribution >= 0.6 is 0 Å². The number of carbonyl (C=O) groups excluding carboxylic acids is 2. The number of anilines is 1. The molecule has 2 amide bonds. The maximum Gasteiger partial charge on any atom is 0.416 e. The Labute approximate surface area is 300 Å². The third kappa shape index (κ3) is 7.43. The number of halogens is 6. The molecule has 13 heteroatoms. The van der Waals surface area contributed by atoms with Gasteiger partial charge in [-0.3, -0.25) is 14.6 Å². The minimum Gasteiger partial charge on any atom is -0.508 e. The smallest absolute Gasteiger partial charge is 0.416 e. The molecule has 3 aliphatic rings. The van der Waals surface area contributed by atoms with E-state index >= 15 is 0 Å². The van der Waals surface area contributed by atoms with Gasteiger partial charge in [0.2, 0.25) is 11.8 Å². The van der Waals surface area contributed by atoms with E-state index in [2.05, 4.69) is 4.98 Å². The van der Waals surface area contributed by atoms with Crippen LogP contribution in [0.15, 0.2) is 108 Å². The van der Waals surface area contributed by atoms with Crippen LogP contribution in [0, 0.1) is 17.8 Å². The van der Waals surface area contributed by atoms with Crippen molar-refractivity contribution in [1.29, 1.82) is 0 Å². The Morgan fingerprint density at radius 2 is 1.58 bits per heavy atom. The number of rotatable bonds is 9. The van der Waals surface area contributed by atoms with Crippen LogP contribution in [0.3, 0.4) is 0 Å². The first-order valence-electron chi connectivity index (χ1n) is 16.9. The van der Waals surface area contributed by atoms with Crippen molar-refractivity contribution in [3.8, 4) is 11.5 Å². The van der Waals surface area contributed by atoms with E-state index in [-0.39, 0.29) is 31.5 Å². The van der Waals surface area contributed by atoms with Gasteiger partial charge in [0.1, 0.15) is 18.1 Å². The van der Waals surface area contributed by atoms with Gasteiger partial charge in [0.25, 0.3) is 0 Å². The van der Waals surface area contributed by atoms with Crippen LogP contribution in [0.1, 0.15) is 41.6 Å². The molecule has 1 aromatic heterocycles. The van der Waals surface area contributed by atoms with Crippen LogP contribution in [0.4, 0.5) is 32.0 Å². The molecule has 3 heterocycles. The van der Waals surface area contributed by atoms with E-state index in [0.29, 0.717) is 46.9 Å². The number of amides is 2. The standard InChI is InChI=1S/C40H32F6N2O5/c41-39(42,43)26-18-27(40(44,45)46)20-28(19-26)48-37(50)31-17-25(21-52-30-9-2-1-3-10-30)35-32(36(31)38(48)51)22-53-34(35)13-12-24(33-11-4-5-14-47-33)15-23-7-6-8-29(49)16-23/h1-11,14-16,18-20,31-32,34,36,49H,12-13,17,21-22H2/b24-15-/t31-,32+,34-,36-/m1/s1. The summed E-state index contributed by atoms with van der Waals surface area (Å²) in [6.45, 7) is 0.0306. The molecule has 0 bridgehead atoms. The third-order valence-electron chi connectivity index (χ3n) is 9.88. The molecule has 0 saturated carbocycles. The first kappa shape index (κ1) is 36.0. The molecular weight excluding hydrogens is 702 g/mol. The average molecular weight is 735 g/mol. The number of pyridine rings is 1. The number of para-hydroxylation sites is 1. The Morgan fingerprint density at radius 3 is 2.25 bits per heavy atom. The van der Waals surface area contributed by atoms with Crippen molar-refractivity contribution in [3.63, 3.8) is 0 Å². The molecule has 1 aliphatic carbocycles. The quantitative estimate of drug-likeness (QED) is 0.105. The van der Waals surface area contributed by atoms with Gasteiger partial charge < -0.3 is 14.6 Å². The maximum absolute atomic E-state index is 14.1. The molecule has 4 atom stereocenters. The van der Waals surface area contributed by atoms with Crippen molar-refractivity contribution in [2.75, 3.05) is 18.1 Å². The highest BCUT2D eigenvalue weighted by molar-refractivity contribution is 6.22. The number of hydrogen-bond donors (Lipinski definition) is 1. The number of aromatic hydroxyl groups is 1.